The summed E-state index contributed by atoms with van der Waals surface area (Å²) in [5.74, 6) is 0.617. The number of carbonyl (C=O) groups is 1. The van der Waals surface area contributed by atoms with Crippen LogP contribution >= 0.6 is 0 Å². The number of aliphatic imine (C=N–C) groups is 1. The molecule has 1 aromatic carbocycles. The van der Waals surface area contributed by atoms with Crippen LogP contribution in [0.4, 0.5) is 5.82 Å². The van der Waals surface area contributed by atoms with E-state index < -0.39 is 0 Å². The van der Waals surface area contributed by atoms with Crippen LogP contribution in [0.1, 0.15) is 69.1 Å². The maximum Gasteiger partial charge on any atom is 0.289 e. The number of hydrogen-bond acceptors (Lipinski definition) is 5. The van der Waals surface area contributed by atoms with E-state index in [1.165, 1.54) is 0 Å². The summed E-state index contributed by atoms with van der Waals surface area (Å²) < 4.78 is 0. The number of hydrogen-bond donors (Lipinski definition) is 4. The van der Waals surface area contributed by atoms with E-state index in [2.05, 4.69) is 25.6 Å². The molecule has 162 valence electrons. The van der Waals surface area contributed by atoms with Gasteiger partial charge in [0.05, 0.1) is 17.6 Å². The minimum absolute atomic E-state index is 0.0186. The number of carbonyl (C=O) groups excluding carboxylic acids is 1. The van der Waals surface area contributed by atoms with Gasteiger partial charge in [0.2, 0.25) is 5.82 Å². The molecule has 0 unspecified atom stereocenters. The molecule has 30 heavy (non-hydrogen) atoms. The third kappa shape index (κ3) is 5.17. The van der Waals surface area contributed by atoms with Crippen molar-refractivity contribution < 1.29 is 4.79 Å². The Hall–Kier alpha value is -2.90. The van der Waals surface area contributed by atoms with E-state index in [-0.39, 0.29) is 35.3 Å². The average Bonchev–Trinajstić information content (AvgIpc) is 2.69. The van der Waals surface area contributed by atoms with E-state index >= 15 is 0 Å². The van der Waals surface area contributed by atoms with Crippen molar-refractivity contribution in [2.24, 2.45) is 16.5 Å². The van der Waals surface area contributed by atoms with Crippen molar-refractivity contribution >= 4 is 28.6 Å². The molecule has 1 aliphatic carbocycles. The number of benzene rings is 1. The van der Waals surface area contributed by atoms with Gasteiger partial charge in [-0.15, -0.1) is 0 Å². The maximum atomic E-state index is 12.9. The summed E-state index contributed by atoms with van der Waals surface area (Å²) in [6.07, 6.45) is 4.83. The van der Waals surface area contributed by atoms with E-state index in [4.69, 9.17) is 11.5 Å². The van der Waals surface area contributed by atoms with Crippen LogP contribution in [0, 0.1) is 6.92 Å². The quantitative estimate of drug-likeness (QED) is 0.427. The van der Waals surface area contributed by atoms with E-state index in [0.29, 0.717) is 5.82 Å². The number of aryl methyl sites for hydroxylation is 1. The maximum absolute atomic E-state index is 12.9. The van der Waals surface area contributed by atoms with Gasteiger partial charge in [0.1, 0.15) is 5.82 Å². The molecule has 0 spiro atoms. The number of nitrogens with one attached hydrogen (secondary N) is 2. The smallest absolute Gasteiger partial charge is 0.289 e. The second kappa shape index (κ2) is 8.85. The van der Waals surface area contributed by atoms with Gasteiger partial charge in [0.25, 0.3) is 5.91 Å². The molecule has 0 aliphatic heterocycles. The van der Waals surface area contributed by atoms with E-state index in [1.807, 2.05) is 45.9 Å². The van der Waals surface area contributed by atoms with Crippen molar-refractivity contribution in [3.63, 3.8) is 0 Å². The summed E-state index contributed by atoms with van der Waals surface area (Å²) in [6, 6.07) is 5.97. The first-order chi connectivity index (χ1) is 14.2. The predicted octanol–water partition coefficient (Wildman–Crippen LogP) is 2.85. The van der Waals surface area contributed by atoms with Crippen molar-refractivity contribution in [2.45, 2.75) is 77.4 Å². The van der Waals surface area contributed by atoms with Gasteiger partial charge in [0, 0.05) is 10.9 Å². The van der Waals surface area contributed by atoms with Crippen molar-refractivity contribution in [1.29, 1.82) is 0 Å². The van der Waals surface area contributed by atoms with Gasteiger partial charge in [0.15, 0.2) is 5.96 Å². The third-order valence-electron chi connectivity index (χ3n) is 5.76. The highest BCUT2D eigenvalue weighted by molar-refractivity contribution is 5.97. The highest BCUT2D eigenvalue weighted by atomic mass is 16.2. The molecular formula is C22H33N7O. The van der Waals surface area contributed by atoms with Gasteiger partial charge >= 0.3 is 0 Å². The fraction of sp³-hybridized carbons (Fsp3) is 0.545. The molecule has 2 atom stereocenters. The number of fused-ring (bicyclic) bond motifs is 1. The normalized spacial score (nSPS) is 19.3. The van der Waals surface area contributed by atoms with Gasteiger partial charge in [-0.2, -0.15) is 0 Å². The SMILES string of the molecule is CCC(C)(C)NC(=O)c1nc(N[C@H]2CCCC[C@H]2N=C(N)N)c2cc(C)ccc2n1. The molecule has 1 aliphatic rings. The van der Waals surface area contributed by atoms with Crippen LogP contribution in [0.25, 0.3) is 10.9 Å². The Balaban J connectivity index is 2.00. The van der Waals surface area contributed by atoms with Gasteiger partial charge in [-0.05, 0) is 52.2 Å². The minimum atomic E-state index is -0.335. The number of nitrogens with zero attached hydrogens (tertiary/aromatic N) is 3. The molecular weight excluding hydrogens is 378 g/mol. The van der Waals surface area contributed by atoms with Gasteiger partial charge < -0.3 is 22.1 Å². The van der Waals surface area contributed by atoms with Crippen LogP contribution in [-0.4, -0.2) is 39.5 Å². The summed E-state index contributed by atoms with van der Waals surface area (Å²) in [5, 5.41) is 7.43. The fourth-order valence-electron chi connectivity index (χ4n) is 3.71. The lowest BCUT2D eigenvalue weighted by atomic mass is 9.90. The van der Waals surface area contributed by atoms with Crippen molar-refractivity contribution in [1.82, 2.24) is 15.3 Å². The Kier molecular flexibility index (Phi) is 6.43. The monoisotopic (exact) mass is 411 g/mol. The summed E-state index contributed by atoms with van der Waals surface area (Å²) in [7, 11) is 0. The molecule has 0 bridgehead atoms. The molecule has 6 N–H and O–H groups in total. The topological polar surface area (TPSA) is 131 Å². The van der Waals surface area contributed by atoms with Crippen LogP contribution in [-0.2, 0) is 0 Å². The molecule has 1 aromatic heterocycles. The number of guanidine groups is 1. The number of amides is 1. The lowest BCUT2D eigenvalue weighted by molar-refractivity contribution is 0.0901. The predicted molar refractivity (Wildman–Crippen MR) is 122 cm³/mol. The van der Waals surface area contributed by atoms with Crippen molar-refractivity contribution in [3.05, 3.63) is 29.6 Å². The highest BCUT2D eigenvalue weighted by Gasteiger charge is 2.27. The van der Waals surface area contributed by atoms with E-state index in [9.17, 15) is 4.79 Å². The van der Waals surface area contributed by atoms with Crippen LogP contribution in [0.15, 0.2) is 23.2 Å². The fourth-order valence-corrected chi connectivity index (χ4v) is 3.71. The van der Waals surface area contributed by atoms with Crippen LogP contribution in [0.2, 0.25) is 0 Å². The lowest BCUT2D eigenvalue weighted by Crippen LogP contribution is -2.43. The standard InChI is InChI=1S/C22H33N7O/c1-5-22(3,4)29-20(30)19-25-15-11-10-13(2)12-14(15)18(28-19)26-16-8-6-7-9-17(16)27-21(23)24/h10-12,16-17H,5-9H2,1-4H3,(H,29,30)(H4,23,24,27)(H,25,26,28)/t16-,17+/m0/s1. The minimum Gasteiger partial charge on any atom is -0.370 e. The zero-order valence-electron chi connectivity index (χ0n) is 18.3. The van der Waals surface area contributed by atoms with Gasteiger partial charge in [-0.3, -0.25) is 4.79 Å². The second-order valence-electron chi connectivity index (χ2n) is 8.76. The number of aromatic nitrogens is 2. The van der Waals surface area contributed by atoms with Gasteiger partial charge in [-0.1, -0.05) is 31.4 Å². The van der Waals surface area contributed by atoms with Crippen LogP contribution < -0.4 is 22.1 Å². The molecule has 1 fully saturated rings. The Morgan fingerprint density at radius 3 is 2.67 bits per heavy atom. The summed E-state index contributed by atoms with van der Waals surface area (Å²) >= 11 is 0. The Morgan fingerprint density at radius 2 is 1.97 bits per heavy atom. The molecule has 0 radical (unpaired) electrons. The lowest BCUT2D eigenvalue weighted by Gasteiger charge is -2.30. The zero-order valence-corrected chi connectivity index (χ0v) is 18.3. The molecule has 3 rings (SSSR count). The molecule has 1 amide bonds. The number of anilines is 1. The van der Waals surface area contributed by atoms with Crippen molar-refractivity contribution in [3.8, 4) is 0 Å². The number of rotatable bonds is 6. The van der Waals surface area contributed by atoms with E-state index in [0.717, 1.165) is 48.6 Å². The average molecular weight is 412 g/mol. The van der Waals surface area contributed by atoms with Crippen LogP contribution in [0.3, 0.4) is 0 Å². The second-order valence-corrected chi connectivity index (χ2v) is 8.76. The third-order valence-corrected chi connectivity index (χ3v) is 5.76. The first-order valence-electron chi connectivity index (χ1n) is 10.6. The molecule has 1 saturated carbocycles. The zero-order chi connectivity index (χ0) is 21.9. The molecule has 8 nitrogen and oxygen atoms in total. The first-order valence-corrected chi connectivity index (χ1v) is 10.6. The molecule has 0 saturated heterocycles. The van der Waals surface area contributed by atoms with Crippen LogP contribution in [0.5, 0.6) is 0 Å². The first kappa shape index (κ1) is 21.8. The molecule has 1 heterocycles. The summed E-state index contributed by atoms with van der Waals surface area (Å²) in [6.45, 7) is 8.02. The van der Waals surface area contributed by atoms with Crippen molar-refractivity contribution in [2.75, 3.05) is 5.32 Å². The molecule has 8 heteroatoms. The molecule has 2 aromatic rings. The Bertz CT molecular complexity index is 950. The Morgan fingerprint density at radius 1 is 1.23 bits per heavy atom. The van der Waals surface area contributed by atoms with E-state index in [1.54, 1.807) is 0 Å². The largest absolute Gasteiger partial charge is 0.370 e. The number of nitrogens with two attached hydrogens (primary N) is 2. The summed E-state index contributed by atoms with van der Waals surface area (Å²) in [4.78, 5) is 26.4. The summed E-state index contributed by atoms with van der Waals surface area (Å²) in [5.41, 5.74) is 12.8. The van der Waals surface area contributed by atoms with Gasteiger partial charge in [-0.25, -0.2) is 15.0 Å². The Labute approximate surface area is 177 Å². The highest BCUT2D eigenvalue weighted by Crippen LogP contribution is 2.28.